The molecule has 0 atom stereocenters. The Kier molecular flexibility index (Phi) is 16.3. The van der Waals surface area contributed by atoms with Crippen LogP contribution in [0, 0.1) is 0 Å². The molecular weight excluding hydrogens is 127 g/mol. The van der Waals surface area contributed by atoms with Gasteiger partial charge in [-0.25, -0.2) is 0 Å². The molecule has 0 saturated heterocycles. The molecule has 0 aliphatic carbocycles. The SMILES string of the molecule is CCCCOCCO.[H-].[Na+]. The summed E-state index contributed by atoms with van der Waals surface area (Å²) in [6, 6.07) is 0. The van der Waals surface area contributed by atoms with E-state index in [-0.39, 0.29) is 37.6 Å². The molecule has 1 N–H and O–H groups in total. The zero-order chi connectivity index (χ0) is 6.24. The molecule has 9 heavy (non-hydrogen) atoms. The van der Waals surface area contributed by atoms with E-state index in [0.717, 1.165) is 19.4 Å². The fourth-order valence-electron chi connectivity index (χ4n) is 0.413. The maximum Gasteiger partial charge on any atom is 1.00 e. The number of rotatable bonds is 5. The van der Waals surface area contributed by atoms with Gasteiger partial charge < -0.3 is 11.3 Å². The van der Waals surface area contributed by atoms with Crippen molar-refractivity contribution in [2.45, 2.75) is 19.8 Å². The van der Waals surface area contributed by atoms with Crippen molar-refractivity contribution in [3.8, 4) is 0 Å². The van der Waals surface area contributed by atoms with E-state index < -0.39 is 0 Å². The summed E-state index contributed by atoms with van der Waals surface area (Å²) in [5, 5.41) is 8.24. The first kappa shape index (κ1) is 12.6. The Labute approximate surface area is 80.4 Å². The standard InChI is InChI=1S/C6H14O2.Na.H/c1-2-3-5-8-6-4-7;;/h7H,2-6H2,1H3;;/q;+1;-1. The van der Waals surface area contributed by atoms with Gasteiger partial charge in [0.25, 0.3) is 0 Å². The van der Waals surface area contributed by atoms with Gasteiger partial charge in [0, 0.05) is 6.61 Å². The van der Waals surface area contributed by atoms with Gasteiger partial charge in [-0.05, 0) is 6.42 Å². The molecule has 0 aliphatic rings. The van der Waals surface area contributed by atoms with Crippen LogP contribution in [-0.4, -0.2) is 24.9 Å². The largest absolute Gasteiger partial charge is 1.00 e. The van der Waals surface area contributed by atoms with Crippen LogP contribution in [0.15, 0.2) is 0 Å². The van der Waals surface area contributed by atoms with E-state index in [0.29, 0.717) is 6.61 Å². The second kappa shape index (κ2) is 11.7. The van der Waals surface area contributed by atoms with E-state index in [4.69, 9.17) is 9.84 Å². The summed E-state index contributed by atoms with van der Waals surface area (Å²) >= 11 is 0. The molecule has 0 radical (unpaired) electrons. The Morgan fingerprint density at radius 1 is 1.44 bits per heavy atom. The Hall–Kier alpha value is 0.920. The first-order chi connectivity index (χ1) is 3.91. The summed E-state index contributed by atoms with van der Waals surface area (Å²) in [5.74, 6) is 0. The molecule has 0 aliphatic heterocycles. The molecule has 0 fully saturated rings. The van der Waals surface area contributed by atoms with Crippen molar-refractivity contribution >= 4 is 0 Å². The molecule has 0 unspecified atom stereocenters. The van der Waals surface area contributed by atoms with Crippen LogP contribution in [0.25, 0.3) is 0 Å². The summed E-state index contributed by atoms with van der Waals surface area (Å²) in [5.41, 5.74) is 0. The third kappa shape index (κ3) is 12.2. The molecular formula is C6H15NaO2. The van der Waals surface area contributed by atoms with Crippen molar-refractivity contribution in [3.05, 3.63) is 0 Å². The van der Waals surface area contributed by atoms with E-state index in [1.54, 1.807) is 0 Å². The number of aliphatic hydroxyl groups excluding tert-OH is 1. The molecule has 0 aromatic carbocycles. The summed E-state index contributed by atoms with van der Waals surface area (Å²) in [6.45, 7) is 3.53. The van der Waals surface area contributed by atoms with Crippen molar-refractivity contribution < 1.29 is 40.8 Å². The molecule has 52 valence electrons. The first-order valence-corrected chi connectivity index (χ1v) is 3.10. The van der Waals surface area contributed by atoms with Crippen LogP contribution in [-0.2, 0) is 4.74 Å². The fraction of sp³-hybridized carbons (Fsp3) is 1.00. The summed E-state index contributed by atoms with van der Waals surface area (Å²) in [7, 11) is 0. The van der Waals surface area contributed by atoms with Crippen molar-refractivity contribution in [3.63, 3.8) is 0 Å². The minimum atomic E-state index is 0. The maximum atomic E-state index is 8.24. The van der Waals surface area contributed by atoms with Gasteiger partial charge in [0.1, 0.15) is 0 Å². The smallest absolute Gasteiger partial charge is 1.00 e. The van der Waals surface area contributed by atoms with E-state index in [1.807, 2.05) is 0 Å². The van der Waals surface area contributed by atoms with Gasteiger partial charge in [0.05, 0.1) is 13.2 Å². The quantitative estimate of drug-likeness (QED) is 0.352. The Morgan fingerprint density at radius 3 is 2.56 bits per heavy atom. The number of unbranched alkanes of at least 4 members (excludes halogenated alkanes) is 1. The molecule has 0 heterocycles. The van der Waals surface area contributed by atoms with Gasteiger partial charge in [-0.15, -0.1) is 0 Å². The van der Waals surface area contributed by atoms with E-state index >= 15 is 0 Å². The number of hydrogen-bond donors (Lipinski definition) is 1. The van der Waals surface area contributed by atoms with E-state index in [2.05, 4.69) is 6.92 Å². The van der Waals surface area contributed by atoms with Crippen LogP contribution in [0.5, 0.6) is 0 Å². The Bertz CT molecular complexity index is 40.7. The van der Waals surface area contributed by atoms with Crippen LogP contribution in [0.4, 0.5) is 0 Å². The summed E-state index contributed by atoms with van der Waals surface area (Å²) < 4.78 is 4.97. The minimum absolute atomic E-state index is 0. The van der Waals surface area contributed by atoms with E-state index in [9.17, 15) is 0 Å². The summed E-state index contributed by atoms with van der Waals surface area (Å²) in [6.07, 6.45) is 2.26. The molecule has 0 aromatic rings. The van der Waals surface area contributed by atoms with Gasteiger partial charge in [-0.1, -0.05) is 13.3 Å². The first-order valence-electron chi connectivity index (χ1n) is 3.10. The van der Waals surface area contributed by atoms with Crippen LogP contribution in [0.3, 0.4) is 0 Å². The van der Waals surface area contributed by atoms with Gasteiger partial charge in [0.15, 0.2) is 0 Å². The van der Waals surface area contributed by atoms with E-state index in [1.165, 1.54) is 0 Å². The second-order valence-electron chi connectivity index (χ2n) is 1.69. The van der Waals surface area contributed by atoms with Gasteiger partial charge in [-0.2, -0.15) is 0 Å². The van der Waals surface area contributed by atoms with Crippen LogP contribution < -0.4 is 29.6 Å². The van der Waals surface area contributed by atoms with Crippen molar-refractivity contribution in [2.75, 3.05) is 19.8 Å². The van der Waals surface area contributed by atoms with Crippen molar-refractivity contribution in [1.29, 1.82) is 0 Å². The molecule has 2 nitrogen and oxygen atoms in total. The average molecular weight is 142 g/mol. The van der Waals surface area contributed by atoms with Crippen LogP contribution in [0.1, 0.15) is 21.2 Å². The maximum absolute atomic E-state index is 8.24. The monoisotopic (exact) mass is 142 g/mol. The van der Waals surface area contributed by atoms with Crippen LogP contribution in [0.2, 0.25) is 0 Å². The average Bonchev–Trinajstić information content (AvgIpc) is 1.81. The molecule has 0 spiro atoms. The molecule has 0 bridgehead atoms. The predicted molar refractivity (Wildman–Crippen MR) is 33.9 cm³/mol. The molecule has 3 heteroatoms. The zero-order valence-electron chi connectivity index (χ0n) is 7.39. The van der Waals surface area contributed by atoms with Gasteiger partial charge in [-0.3, -0.25) is 0 Å². The number of ether oxygens (including phenoxy) is 1. The zero-order valence-corrected chi connectivity index (χ0v) is 8.39. The summed E-state index contributed by atoms with van der Waals surface area (Å²) in [4.78, 5) is 0. The number of aliphatic hydroxyl groups is 1. The molecule has 0 rings (SSSR count). The Balaban J connectivity index is -0.000000245. The predicted octanol–water partition coefficient (Wildman–Crippen LogP) is -2.09. The third-order valence-corrected chi connectivity index (χ3v) is 0.878. The van der Waals surface area contributed by atoms with Gasteiger partial charge >= 0.3 is 29.6 Å². The second-order valence-corrected chi connectivity index (χ2v) is 1.69. The normalized spacial score (nSPS) is 8.67. The third-order valence-electron chi connectivity index (χ3n) is 0.878. The number of hydrogen-bond acceptors (Lipinski definition) is 2. The van der Waals surface area contributed by atoms with Crippen molar-refractivity contribution in [2.24, 2.45) is 0 Å². The van der Waals surface area contributed by atoms with Crippen LogP contribution >= 0.6 is 0 Å². The van der Waals surface area contributed by atoms with Gasteiger partial charge in [0.2, 0.25) is 0 Å². The molecule has 0 aromatic heterocycles. The topological polar surface area (TPSA) is 29.5 Å². The fourth-order valence-corrected chi connectivity index (χ4v) is 0.413. The molecule has 0 amide bonds. The minimum Gasteiger partial charge on any atom is -1.00 e. The molecule has 0 saturated carbocycles. The van der Waals surface area contributed by atoms with Crippen molar-refractivity contribution in [1.82, 2.24) is 0 Å². The Morgan fingerprint density at radius 2 is 2.11 bits per heavy atom.